The highest BCUT2D eigenvalue weighted by Gasteiger charge is 2.11. The van der Waals surface area contributed by atoms with Gasteiger partial charge in [-0.3, -0.25) is 9.97 Å². The molecule has 4 nitrogen and oxygen atoms in total. The second-order valence-corrected chi connectivity index (χ2v) is 12.7. The summed E-state index contributed by atoms with van der Waals surface area (Å²) in [6.45, 7) is 0. The van der Waals surface area contributed by atoms with Gasteiger partial charge >= 0.3 is 0 Å². The molecule has 4 aromatic heterocycles. The molecular weight excluding hydrogens is 609 g/mol. The minimum Gasteiger partial charge on any atom is -0.254 e. The van der Waals surface area contributed by atoms with Crippen LogP contribution in [-0.2, 0) is 0 Å². The monoisotopic (exact) mass is 636 g/mol. The molecule has 4 heteroatoms. The third kappa shape index (κ3) is 4.77. The summed E-state index contributed by atoms with van der Waals surface area (Å²) in [7, 11) is 0. The van der Waals surface area contributed by atoms with Gasteiger partial charge in [0.25, 0.3) is 0 Å². The van der Waals surface area contributed by atoms with Crippen molar-refractivity contribution in [2.24, 2.45) is 0 Å². The fraction of sp³-hybridized carbons (Fsp3) is 0. The van der Waals surface area contributed by atoms with Crippen LogP contribution in [0.5, 0.6) is 0 Å². The molecule has 0 aliphatic heterocycles. The highest BCUT2D eigenvalue weighted by atomic mass is 14.7. The van der Waals surface area contributed by atoms with E-state index >= 15 is 0 Å². The second-order valence-electron chi connectivity index (χ2n) is 12.7. The molecule has 50 heavy (non-hydrogen) atoms. The van der Waals surface area contributed by atoms with E-state index in [1.807, 2.05) is 18.5 Å². The van der Waals surface area contributed by atoms with E-state index in [2.05, 4.69) is 162 Å². The van der Waals surface area contributed by atoms with Crippen molar-refractivity contribution in [2.45, 2.75) is 0 Å². The average Bonchev–Trinajstić information content (AvgIpc) is 3.19. The van der Waals surface area contributed by atoms with Gasteiger partial charge in [0, 0.05) is 45.1 Å². The molecule has 0 saturated carbocycles. The maximum absolute atomic E-state index is 5.12. The first kappa shape index (κ1) is 28.3. The molecule has 0 atom stereocenters. The zero-order valence-corrected chi connectivity index (χ0v) is 27.0. The Balaban J connectivity index is 0.965. The number of hydrogen-bond donors (Lipinski definition) is 0. The van der Waals surface area contributed by atoms with E-state index in [4.69, 9.17) is 9.97 Å². The van der Waals surface area contributed by atoms with Crippen LogP contribution in [0.2, 0.25) is 0 Å². The van der Waals surface area contributed by atoms with Crippen molar-refractivity contribution in [3.8, 4) is 44.8 Å². The number of aromatic nitrogens is 4. The molecule has 10 rings (SSSR count). The van der Waals surface area contributed by atoms with Gasteiger partial charge in [-0.25, -0.2) is 9.97 Å². The third-order valence-electron chi connectivity index (χ3n) is 9.75. The molecule has 4 heterocycles. The predicted molar refractivity (Wildman–Crippen MR) is 207 cm³/mol. The van der Waals surface area contributed by atoms with Crippen molar-refractivity contribution >= 4 is 54.4 Å². The average molecular weight is 637 g/mol. The summed E-state index contributed by atoms with van der Waals surface area (Å²) >= 11 is 0. The lowest BCUT2D eigenvalue weighted by molar-refractivity contribution is 1.37. The molecular formula is C46H28N4. The Morgan fingerprint density at radius 1 is 0.320 bits per heavy atom. The van der Waals surface area contributed by atoms with E-state index in [1.54, 1.807) is 0 Å². The number of nitrogens with zero attached hydrogens (tertiary/aromatic N) is 4. The predicted octanol–water partition coefficient (Wildman–Crippen LogP) is 11.7. The molecule has 0 unspecified atom stereocenters. The van der Waals surface area contributed by atoms with E-state index in [1.165, 1.54) is 10.8 Å². The minimum absolute atomic E-state index is 0.921. The Labute approximate surface area is 288 Å². The Kier molecular flexibility index (Phi) is 6.46. The summed E-state index contributed by atoms with van der Waals surface area (Å²) in [5.41, 5.74) is 12.5. The lowest BCUT2D eigenvalue weighted by atomic mass is 9.98. The summed E-state index contributed by atoms with van der Waals surface area (Å²) in [6.07, 6.45) is 3.70. The molecule has 0 saturated heterocycles. The van der Waals surface area contributed by atoms with Crippen molar-refractivity contribution in [3.63, 3.8) is 0 Å². The van der Waals surface area contributed by atoms with Crippen LogP contribution >= 0.6 is 0 Å². The summed E-state index contributed by atoms with van der Waals surface area (Å²) in [6, 6.07) is 55.5. The lowest BCUT2D eigenvalue weighted by Crippen LogP contribution is -1.90. The molecule has 0 aliphatic rings. The molecule has 0 bridgehead atoms. The zero-order chi connectivity index (χ0) is 33.0. The number of fused-ring (bicyclic) bond motifs is 6. The SMILES string of the molecule is c1ccc2c(-c3ccc4cc(-c5ccc6ccc(-c7ccc(-c8ccnc9c8ccc8cccnc89)cc7)nc6c5)ccc4n3)cccc2c1. The first-order valence-corrected chi connectivity index (χ1v) is 16.8. The molecule has 0 amide bonds. The van der Waals surface area contributed by atoms with Gasteiger partial charge in [0.15, 0.2) is 0 Å². The van der Waals surface area contributed by atoms with Crippen LogP contribution < -0.4 is 0 Å². The van der Waals surface area contributed by atoms with Crippen LogP contribution in [0.1, 0.15) is 0 Å². The zero-order valence-electron chi connectivity index (χ0n) is 27.0. The van der Waals surface area contributed by atoms with Crippen LogP contribution in [0.15, 0.2) is 170 Å². The van der Waals surface area contributed by atoms with Gasteiger partial charge in [-0.1, -0.05) is 115 Å². The summed E-state index contributed by atoms with van der Waals surface area (Å²) in [4.78, 5) is 19.5. The lowest BCUT2D eigenvalue weighted by Gasteiger charge is -2.10. The molecule has 0 aliphatic carbocycles. The molecule has 232 valence electrons. The molecule has 0 spiro atoms. The maximum atomic E-state index is 5.12. The first-order chi connectivity index (χ1) is 24.7. The Bertz CT molecular complexity index is 2920. The number of hydrogen-bond acceptors (Lipinski definition) is 4. The van der Waals surface area contributed by atoms with Crippen molar-refractivity contribution in [3.05, 3.63) is 170 Å². The number of benzene rings is 6. The van der Waals surface area contributed by atoms with Crippen LogP contribution in [0.25, 0.3) is 99.2 Å². The Morgan fingerprint density at radius 3 is 1.98 bits per heavy atom. The normalized spacial score (nSPS) is 11.6. The first-order valence-electron chi connectivity index (χ1n) is 16.8. The summed E-state index contributed by atoms with van der Waals surface area (Å²) in [5.74, 6) is 0. The van der Waals surface area contributed by atoms with Crippen molar-refractivity contribution < 1.29 is 0 Å². The van der Waals surface area contributed by atoms with Gasteiger partial charge in [0.2, 0.25) is 0 Å². The third-order valence-corrected chi connectivity index (χ3v) is 9.75. The van der Waals surface area contributed by atoms with Gasteiger partial charge in [0.1, 0.15) is 0 Å². The highest BCUT2D eigenvalue weighted by Crippen LogP contribution is 2.34. The molecule has 6 aromatic carbocycles. The molecule has 0 radical (unpaired) electrons. The summed E-state index contributed by atoms with van der Waals surface area (Å²) < 4.78 is 0. The van der Waals surface area contributed by atoms with Crippen molar-refractivity contribution in [1.29, 1.82) is 0 Å². The quantitative estimate of drug-likeness (QED) is 0.180. The maximum Gasteiger partial charge on any atom is 0.0970 e. The van der Waals surface area contributed by atoms with Crippen LogP contribution in [-0.4, -0.2) is 19.9 Å². The van der Waals surface area contributed by atoms with E-state index in [0.29, 0.717) is 0 Å². The standard InChI is InChI=1S/C46H28N4/c1-2-8-37-29(5-1)6-3-9-39(37)43-23-19-36-27-34(18-22-42(36)49-43)35-15-14-32-17-21-41(50-44(32)28-35)31-12-10-30(11-13-31)38-24-26-48-46-40(38)20-16-33-7-4-25-47-45(33)46/h1-28H. The van der Waals surface area contributed by atoms with E-state index < -0.39 is 0 Å². The summed E-state index contributed by atoms with van der Waals surface area (Å²) in [5, 5.41) is 6.84. The van der Waals surface area contributed by atoms with Crippen molar-refractivity contribution in [2.75, 3.05) is 0 Å². The molecule has 0 fully saturated rings. The smallest absolute Gasteiger partial charge is 0.0970 e. The Morgan fingerprint density at radius 2 is 1.02 bits per heavy atom. The van der Waals surface area contributed by atoms with Crippen LogP contribution in [0, 0.1) is 0 Å². The highest BCUT2D eigenvalue weighted by molar-refractivity contribution is 6.08. The van der Waals surface area contributed by atoms with E-state index in [0.717, 1.165) is 88.4 Å². The van der Waals surface area contributed by atoms with Gasteiger partial charge in [0.05, 0.1) is 33.5 Å². The number of rotatable bonds is 4. The number of pyridine rings is 4. The molecule has 0 N–H and O–H groups in total. The van der Waals surface area contributed by atoms with Gasteiger partial charge in [-0.05, 0) is 75.5 Å². The van der Waals surface area contributed by atoms with Gasteiger partial charge in [-0.2, -0.15) is 0 Å². The van der Waals surface area contributed by atoms with E-state index in [-0.39, 0.29) is 0 Å². The van der Waals surface area contributed by atoms with Gasteiger partial charge < -0.3 is 0 Å². The Hall–Kier alpha value is -6.78. The topological polar surface area (TPSA) is 51.6 Å². The van der Waals surface area contributed by atoms with Crippen LogP contribution in [0.3, 0.4) is 0 Å². The largest absolute Gasteiger partial charge is 0.254 e. The van der Waals surface area contributed by atoms with Gasteiger partial charge in [-0.15, -0.1) is 0 Å². The van der Waals surface area contributed by atoms with Crippen molar-refractivity contribution in [1.82, 2.24) is 19.9 Å². The molecule has 10 aromatic rings. The second kappa shape index (κ2) is 11.4. The fourth-order valence-electron chi connectivity index (χ4n) is 7.19. The minimum atomic E-state index is 0.921. The van der Waals surface area contributed by atoms with E-state index in [9.17, 15) is 0 Å². The van der Waals surface area contributed by atoms with Crippen LogP contribution in [0.4, 0.5) is 0 Å². The fourth-order valence-corrected chi connectivity index (χ4v) is 7.19.